The Bertz CT molecular complexity index is 571. The lowest BCUT2D eigenvalue weighted by atomic mass is 10.1. The highest BCUT2D eigenvalue weighted by atomic mass is 32.1. The zero-order valence-electron chi connectivity index (χ0n) is 9.08. The fraction of sp³-hybridized carbons (Fsp3) is 0.182. The minimum absolute atomic E-state index is 0.203. The number of carboxylic acid groups (broad SMARTS) is 1. The van der Waals surface area contributed by atoms with Crippen LogP contribution in [0.3, 0.4) is 0 Å². The normalized spacial score (nSPS) is 10.4. The first-order chi connectivity index (χ1) is 8.19. The number of nitrogens with zero attached hydrogens (tertiary/aromatic N) is 2. The van der Waals surface area contributed by atoms with Crippen LogP contribution in [0, 0.1) is 0 Å². The van der Waals surface area contributed by atoms with E-state index in [2.05, 4.69) is 5.10 Å². The summed E-state index contributed by atoms with van der Waals surface area (Å²) in [7, 11) is 0. The van der Waals surface area contributed by atoms with Crippen LogP contribution in [0.5, 0.6) is 0 Å². The van der Waals surface area contributed by atoms with E-state index in [4.69, 9.17) is 5.11 Å². The van der Waals surface area contributed by atoms with Crippen LogP contribution in [0.25, 0.3) is 10.4 Å². The third-order valence-electron chi connectivity index (χ3n) is 2.43. The Morgan fingerprint density at radius 2 is 2.41 bits per heavy atom. The summed E-state index contributed by atoms with van der Waals surface area (Å²) in [6, 6.07) is 1.53. The minimum Gasteiger partial charge on any atom is -0.478 e. The molecule has 2 aromatic rings. The van der Waals surface area contributed by atoms with Gasteiger partial charge in [-0.3, -0.25) is 9.48 Å². The lowest BCUT2D eigenvalue weighted by molar-refractivity contribution is 0.0698. The number of carboxylic acids is 1. The Morgan fingerprint density at radius 1 is 1.65 bits per heavy atom. The van der Waals surface area contributed by atoms with Crippen LogP contribution in [-0.2, 0) is 6.54 Å². The first-order valence-electron chi connectivity index (χ1n) is 5.01. The fourth-order valence-corrected chi connectivity index (χ4v) is 2.54. The summed E-state index contributed by atoms with van der Waals surface area (Å²) < 4.78 is 1.55. The van der Waals surface area contributed by atoms with Crippen LogP contribution >= 0.6 is 11.3 Å². The van der Waals surface area contributed by atoms with Gasteiger partial charge in [-0.05, 0) is 18.4 Å². The third-order valence-corrected chi connectivity index (χ3v) is 3.38. The summed E-state index contributed by atoms with van der Waals surface area (Å²) >= 11 is 1.29. The van der Waals surface area contributed by atoms with Crippen molar-refractivity contribution in [2.75, 3.05) is 0 Å². The van der Waals surface area contributed by atoms with Crippen LogP contribution < -0.4 is 0 Å². The molecule has 5 nitrogen and oxygen atoms in total. The SMILES string of the molecule is CCn1ncc(-c2sccc2C(=O)O)c1C=O. The zero-order valence-corrected chi connectivity index (χ0v) is 9.90. The topological polar surface area (TPSA) is 72.2 Å². The van der Waals surface area contributed by atoms with Gasteiger partial charge in [0.05, 0.1) is 16.6 Å². The van der Waals surface area contributed by atoms with Crippen molar-refractivity contribution in [1.29, 1.82) is 0 Å². The molecule has 0 bridgehead atoms. The van der Waals surface area contributed by atoms with Gasteiger partial charge in [-0.25, -0.2) is 4.79 Å². The quantitative estimate of drug-likeness (QED) is 0.844. The molecule has 6 heteroatoms. The van der Waals surface area contributed by atoms with Crippen LogP contribution in [0.2, 0.25) is 0 Å². The number of aromatic nitrogens is 2. The van der Waals surface area contributed by atoms with E-state index in [1.807, 2.05) is 6.92 Å². The number of hydrogen-bond donors (Lipinski definition) is 1. The number of aryl methyl sites for hydroxylation is 1. The number of aldehydes is 1. The molecule has 0 amide bonds. The molecule has 0 unspecified atom stereocenters. The molecule has 88 valence electrons. The van der Waals surface area contributed by atoms with E-state index in [-0.39, 0.29) is 5.56 Å². The predicted octanol–water partition coefficient (Wildman–Crippen LogP) is 2.14. The molecule has 2 rings (SSSR count). The Hall–Kier alpha value is -1.95. The Balaban J connectivity index is 2.60. The molecule has 0 radical (unpaired) electrons. The average Bonchev–Trinajstić information content (AvgIpc) is 2.93. The molecule has 0 aliphatic carbocycles. The minimum atomic E-state index is -0.998. The summed E-state index contributed by atoms with van der Waals surface area (Å²) in [4.78, 5) is 22.6. The maximum absolute atomic E-state index is 11.0. The van der Waals surface area contributed by atoms with Gasteiger partial charge in [0.25, 0.3) is 0 Å². The summed E-state index contributed by atoms with van der Waals surface area (Å²) in [5, 5.41) is 14.8. The van der Waals surface area contributed by atoms with E-state index in [0.29, 0.717) is 29.0 Å². The van der Waals surface area contributed by atoms with Crippen molar-refractivity contribution >= 4 is 23.6 Å². The Labute approximate surface area is 101 Å². The van der Waals surface area contributed by atoms with Crippen molar-refractivity contribution in [2.45, 2.75) is 13.5 Å². The molecule has 0 saturated heterocycles. The molecular weight excluding hydrogens is 240 g/mol. The van der Waals surface area contributed by atoms with Gasteiger partial charge in [0, 0.05) is 12.1 Å². The fourth-order valence-electron chi connectivity index (χ4n) is 1.63. The second-order valence-electron chi connectivity index (χ2n) is 3.35. The van der Waals surface area contributed by atoms with Gasteiger partial charge in [-0.2, -0.15) is 5.10 Å². The van der Waals surface area contributed by atoms with Crippen molar-refractivity contribution in [3.05, 3.63) is 28.9 Å². The van der Waals surface area contributed by atoms with E-state index in [1.54, 1.807) is 10.1 Å². The van der Waals surface area contributed by atoms with E-state index < -0.39 is 5.97 Å². The maximum atomic E-state index is 11.0. The van der Waals surface area contributed by atoms with Gasteiger partial charge in [-0.1, -0.05) is 0 Å². The van der Waals surface area contributed by atoms with Crippen molar-refractivity contribution in [3.63, 3.8) is 0 Å². The van der Waals surface area contributed by atoms with Gasteiger partial charge in [0.1, 0.15) is 5.69 Å². The maximum Gasteiger partial charge on any atom is 0.337 e. The summed E-state index contributed by atoms with van der Waals surface area (Å²) in [5.41, 5.74) is 1.19. The van der Waals surface area contributed by atoms with E-state index in [0.717, 1.165) is 0 Å². The summed E-state index contributed by atoms with van der Waals surface area (Å²) in [5.74, 6) is -0.998. The van der Waals surface area contributed by atoms with Crippen LogP contribution in [0.15, 0.2) is 17.6 Å². The Kier molecular flexibility index (Phi) is 3.06. The molecule has 0 atom stereocenters. The van der Waals surface area contributed by atoms with E-state index >= 15 is 0 Å². The molecule has 2 aromatic heterocycles. The standard InChI is InChI=1S/C11H10N2O3S/c1-2-13-9(6-14)8(5-12-13)10-7(11(15)16)3-4-17-10/h3-6H,2H2,1H3,(H,15,16). The molecule has 0 aromatic carbocycles. The van der Waals surface area contributed by atoms with Gasteiger partial charge in [-0.15, -0.1) is 11.3 Å². The van der Waals surface area contributed by atoms with Crippen molar-refractivity contribution in [1.82, 2.24) is 9.78 Å². The second-order valence-corrected chi connectivity index (χ2v) is 4.26. The van der Waals surface area contributed by atoms with Crippen molar-refractivity contribution in [3.8, 4) is 10.4 Å². The first-order valence-corrected chi connectivity index (χ1v) is 5.89. The highest BCUT2D eigenvalue weighted by Crippen LogP contribution is 2.31. The highest BCUT2D eigenvalue weighted by molar-refractivity contribution is 7.14. The van der Waals surface area contributed by atoms with E-state index in [1.165, 1.54) is 23.6 Å². The summed E-state index contributed by atoms with van der Waals surface area (Å²) in [6.07, 6.45) is 2.24. The second kappa shape index (κ2) is 4.50. The molecular formula is C11H10N2O3S. The largest absolute Gasteiger partial charge is 0.478 e. The third kappa shape index (κ3) is 1.87. The first kappa shape index (κ1) is 11.5. The van der Waals surface area contributed by atoms with Crippen LogP contribution in [0.4, 0.5) is 0 Å². The van der Waals surface area contributed by atoms with Crippen LogP contribution in [0.1, 0.15) is 27.8 Å². The van der Waals surface area contributed by atoms with Crippen LogP contribution in [-0.4, -0.2) is 27.1 Å². The summed E-state index contributed by atoms with van der Waals surface area (Å²) in [6.45, 7) is 2.44. The molecule has 2 heterocycles. The molecule has 0 fully saturated rings. The molecule has 0 aliphatic rings. The number of rotatable bonds is 4. The molecule has 0 saturated carbocycles. The number of thiophene rings is 1. The smallest absolute Gasteiger partial charge is 0.337 e. The molecule has 0 spiro atoms. The van der Waals surface area contributed by atoms with Crippen molar-refractivity contribution in [2.24, 2.45) is 0 Å². The number of carbonyl (C=O) groups is 2. The zero-order chi connectivity index (χ0) is 12.4. The predicted molar refractivity (Wildman–Crippen MR) is 63.6 cm³/mol. The van der Waals surface area contributed by atoms with Gasteiger partial charge < -0.3 is 5.11 Å². The van der Waals surface area contributed by atoms with Gasteiger partial charge in [0.2, 0.25) is 0 Å². The highest BCUT2D eigenvalue weighted by Gasteiger charge is 2.18. The average molecular weight is 250 g/mol. The monoisotopic (exact) mass is 250 g/mol. The number of carbonyl (C=O) groups excluding carboxylic acids is 1. The number of hydrogen-bond acceptors (Lipinski definition) is 4. The lowest BCUT2D eigenvalue weighted by Gasteiger charge is -2.00. The molecule has 17 heavy (non-hydrogen) atoms. The van der Waals surface area contributed by atoms with Crippen molar-refractivity contribution < 1.29 is 14.7 Å². The lowest BCUT2D eigenvalue weighted by Crippen LogP contribution is -2.02. The molecule has 1 N–H and O–H groups in total. The van der Waals surface area contributed by atoms with Gasteiger partial charge >= 0.3 is 5.97 Å². The number of aromatic carboxylic acids is 1. The van der Waals surface area contributed by atoms with E-state index in [9.17, 15) is 9.59 Å². The van der Waals surface area contributed by atoms with Gasteiger partial charge in [0.15, 0.2) is 6.29 Å². The Morgan fingerprint density at radius 3 is 3.00 bits per heavy atom. The molecule has 0 aliphatic heterocycles.